The Morgan fingerprint density at radius 1 is 1.13 bits per heavy atom. The molecule has 1 aliphatic carbocycles. The molecule has 1 heterocycles. The van der Waals surface area contributed by atoms with Gasteiger partial charge in [-0.1, -0.05) is 29.8 Å². The van der Waals surface area contributed by atoms with Crippen LogP contribution in [-0.4, -0.2) is 17.0 Å². The Labute approximate surface area is 248 Å². The van der Waals surface area contributed by atoms with Crippen LogP contribution in [0.3, 0.4) is 0 Å². The van der Waals surface area contributed by atoms with Crippen LogP contribution < -0.4 is 10.1 Å². The Kier molecular flexibility index (Phi) is 8.59. The molecule has 0 aliphatic heterocycles. The third kappa shape index (κ3) is 6.48. The van der Waals surface area contributed by atoms with Crippen molar-refractivity contribution >= 4 is 74.0 Å². The zero-order chi connectivity index (χ0) is 27.4. The van der Waals surface area contributed by atoms with Gasteiger partial charge in [-0.2, -0.15) is 0 Å². The molecule has 198 valence electrons. The Hall–Kier alpha value is -3.28. The fourth-order valence-electron chi connectivity index (χ4n) is 4.42. The van der Waals surface area contributed by atoms with E-state index in [4.69, 9.17) is 21.3 Å². The van der Waals surface area contributed by atoms with Gasteiger partial charge in [-0.25, -0.2) is 4.99 Å². The number of amides is 1. The number of non-ortho nitro benzene ring substituents is 1. The number of aliphatic imine (C=N–C) groups is 1. The summed E-state index contributed by atoms with van der Waals surface area (Å²) in [6.07, 6.45) is 5.64. The summed E-state index contributed by atoms with van der Waals surface area (Å²) in [6, 6.07) is 19.2. The molecule has 1 amide bonds. The monoisotopic (exact) mass is 671 g/mol. The number of fused-ring (bicyclic) bond motifs is 1. The first kappa shape index (κ1) is 27.3. The quantitative estimate of drug-likeness (QED) is 0.0882. The van der Waals surface area contributed by atoms with Crippen molar-refractivity contribution in [2.75, 3.05) is 5.32 Å². The first-order valence-corrected chi connectivity index (χ1v) is 14.6. The van der Waals surface area contributed by atoms with Crippen molar-refractivity contribution in [3.63, 3.8) is 0 Å². The lowest BCUT2D eigenvalue weighted by molar-refractivity contribution is -0.384. The van der Waals surface area contributed by atoms with E-state index >= 15 is 0 Å². The Balaban J connectivity index is 1.44. The molecule has 0 atom stereocenters. The van der Waals surface area contributed by atoms with Crippen molar-refractivity contribution in [3.8, 4) is 5.75 Å². The SMILES string of the molecule is O=C(Nc1ccccc1)c1c(N=Cc2cc(Cl)cc(I)c2OCc2ccc([N+](=O)[O-])cc2)sc2c1CCCC2. The van der Waals surface area contributed by atoms with E-state index in [-0.39, 0.29) is 18.2 Å². The molecular formula is C29H23ClIN3O4S. The standard InChI is InChI=1S/C29H23ClIN3O4S/c30-20-14-19(27(24(31)15-20)38-17-18-10-12-22(13-11-18)34(36)37)16-32-29-26(23-8-4-5-9-25(23)39-29)28(35)33-21-6-2-1-3-7-21/h1-3,6-7,10-16H,4-5,8-9,17H2,(H,33,35). The number of thiophene rings is 1. The lowest BCUT2D eigenvalue weighted by atomic mass is 9.95. The summed E-state index contributed by atoms with van der Waals surface area (Å²) in [4.78, 5) is 29.9. The number of anilines is 1. The van der Waals surface area contributed by atoms with Gasteiger partial charge < -0.3 is 10.1 Å². The topological polar surface area (TPSA) is 93.8 Å². The largest absolute Gasteiger partial charge is 0.487 e. The van der Waals surface area contributed by atoms with Crippen molar-refractivity contribution < 1.29 is 14.5 Å². The van der Waals surface area contributed by atoms with Gasteiger partial charge in [0.2, 0.25) is 0 Å². The van der Waals surface area contributed by atoms with Crippen molar-refractivity contribution in [2.24, 2.45) is 4.99 Å². The van der Waals surface area contributed by atoms with E-state index in [2.05, 4.69) is 27.9 Å². The van der Waals surface area contributed by atoms with Crippen molar-refractivity contribution in [3.05, 3.63) is 113 Å². The normalized spacial score (nSPS) is 12.8. The molecule has 0 saturated carbocycles. The van der Waals surface area contributed by atoms with E-state index in [1.807, 2.05) is 30.3 Å². The van der Waals surface area contributed by atoms with Crippen LogP contribution in [0.25, 0.3) is 0 Å². The smallest absolute Gasteiger partial charge is 0.269 e. The van der Waals surface area contributed by atoms with E-state index in [0.717, 1.165) is 46.1 Å². The van der Waals surface area contributed by atoms with E-state index < -0.39 is 4.92 Å². The number of nitrogens with one attached hydrogen (secondary N) is 1. The zero-order valence-electron chi connectivity index (χ0n) is 20.7. The van der Waals surface area contributed by atoms with E-state index in [9.17, 15) is 14.9 Å². The van der Waals surface area contributed by atoms with Crippen LogP contribution in [0.4, 0.5) is 16.4 Å². The molecule has 0 bridgehead atoms. The number of hydrogen-bond acceptors (Lipinski definition) is 6. The minimum absolute atomic E-state index is 0.0263. The summed E-state index contributed by atoms with van der Waals surface area (Å²) in [5, 5.41) is 15.2. The van der Waals surface area contributed by atoms with Gasteiger partial charge in [-0.3, -0.25) is 14.9 Å². The van der Waals surface area contributed by atoms with Crippen LogP contribution in [0.1, 0.15) is 44.8 Å². The van der Waals surface area contributed by atoms with E-state index in [1.54, 1.807) is 41.8 Å². The number of hydrogen-bond donors (Lipinski definition) is 1. The molecule has 10 heteroatoms. The number of carbonyl (C=O) groups is 1. The number of benzene rings is 3. The van der Waals surface area contributed by atoms with Gasteiger partial charge in [-0.05, 0) is 95.8 Å². The lowest BCUT2D eigenvalue weighted by Crippen LogP contribution is -2.14. The molecular weight excluding hydrogens is 649 g/mol. The lowest BCUT2D eigenvalue weighted by Gasteiger charge is -2.13. The average molecular weight is 672 g/mol. The number of halogens is 2. The maximum Gasteiger partial charge on any atom is 0.269 e. The van der Waals surface area contributed by atoms with Crippen LogP contribution in [-0.2, 0) is 19.4 Å². The minimum atomic E-state index is -0.432. The molecule has 0 saturated heterocycles. The summed E-state index contributed by atoms with van der Waals surface area (Å²) in [6.45, 7) is 0.217. The second-order valence-electron chi connectivity index (χ2n) is 8.99. The van der Waals surface area contributed by atoms with Crippen molar-refractivity contribution in [1.82, 2.24) is 0 Å². The van der Waals surface area contributed by atoms with Gasteiger partial charge >= 0.3 is 0 Å². The third-order valence-corrected chi connectivity index (χ3v) is 8.52. The number of nitro groups is 1. The fraction of sp³-hybridized carbons (Fsp3) is 0.172. The zero-order valence-corrected chi connectivity index (χ0v) is 24.4. The molecule has 39 heavy (non-hydrogen) atoms. The summed E-state index contributed by atoms with van der Waals surface area (Å²) < 4.78 is 6.93. The second-order valence-corrected chi connectivity index (χ2v) is 11.7. The fourth-order valence-corrected chi connectivity index (χ4v) is 6.86. The van der Waals surface area contributed by atoms with Gasteiger partial charge in [0.05, 0.1) is 14.1 Å². The van der Waals surface area contributed by atoms with Crippen LogP contribution in [0, 0.1) is 13.7 Å². The summed E-state index contributed by atoms with van der Waals surface area (Å²) in [7, 11) is 0. The van der Waals surface area contributed by atoms with Gasteiger partial charge in [0.1, 0.15) is 17.4 Å². The second kappa shape index (κ2) is 12.3. The van der Waals surface area contributed by atoms with Gasteiger partial charge in [-0.15, -0.1) is 11.3 Å². The number of carbonyl (C=O) groups excluding carboxylic acids is 1. The highest BCUT2D eigenvalue weighted by molar-refractivity contribution is 14.1. The number of ether oxygens (including phenoxy) is 1. The number of nitro benzene ring substituents is 1. The molecule has 0 fully saturated rings. The molecule has 0 spiro atoms. The van der Waals surface area contributed by atoms with Crippen LogP contribution in [0.5, 0.6) is 5.75 Å². The Morgan fingerprint density at radius 3 is 2.62 bits per heavy atom. The maximum atomic E-state index is 13.4. The van der Waals surface area contributed by atoms with Gasteiger partial charge in [0.25, 0.3) is 11.6 Å². The maximum absolute atomic E-state index is 13.4. The molecule has 7 nitrogen and oxygen atoms in total. The molecule has 0 unspecified atom stereocenters. The highest BCUT2D eigenvalue weighted by Crippen LogP contribution is 2.40. The molecule has 1 aliphatic rings. The van der Waals surface area contributed by atoms with Crippen molar-refractivity contribution in [1.29, 1.82) is 0 Å². The summed E-state index contributed by atoms with van der Waals surface area (Å²) in [5.74, 6) is 0.432. The summed E-state index contributed by atoms with van der Waals surface area (Å²) in [5.41, 5.74) is 3.94. The average Bonchev–Trinajstić information content (AvgIpc) is 3.30. The predicted octanol–water partition coefficient (Wildman–Crippen LogP) is 8.38. The van der Waals surface area contributed by atoms with Crippen LogP contribution in [0.15, 0.2) is 71.7 Å². The predicted molar refractivity (Wildman–Crippen MR) is 164 cm³/mol. The number of nitrogens with zero attached hydrogens (tertiary/aromatic N) is 2. The highest BCUT2D eigenvalue weighted by atomic mass is 127. The van der Waals surface area contributed by atoms with Crippen LogP contribution >= 0.6 is 45.5 Å². The third-order valence-electron chi connectivity index (χ3n) is 6.30. The minimum Gasteiger partial charge on any atom is -0.487 e. The molecule has 3 aromatic carbocycles. The molecule has 1 N–H and O–H groups in total. The molecule has 1 aromatic heterocycles. The molecule has 5 rings (SSSR count). The van der Waals surface area contributed by atoms with Gasteiger partial charge in [0.15, 0.2) is 0 Å². The summed E-state index contributed by atoms with van der Waals surface area (Å²) >= 11 is 10.1. The molecule has 0 radical (unpaired) electrons. The van der Waals surface area contributed by atoms with E-state index in [0.29, 0.717) is 26.9 Å². The van der Waals surface area contributed by atoms with E-state index in [1.165, 1.54) is 17.0 Å². The highest BCUT2D eigenvalue weighted by Gasteiger charge is 2.25. The van der Waals surface area contributed by atoms with Crippen molar-refractivity contribution in [2.45, 2.75) is 32.3 Å². The van der Waals surface area contributed by atoms with Gasteiger partial charge in [0, 0.05) is 39.5 Å². The first-order chi connectivity index (χ1) is 18.9. The Bertz CT molecular complexity index is 1560. The van der Waals surface area contributed by atoms with Crippen LogP contribution in [0.2, 0.25) is 5.02 Å². The number of aryl methyl sites for hydroxylation is 1. The molecule has 4 aromatic rings. The number of rotatable bonds is 8. The Morgan fingerprint density at radius 2 is 1.87 bits per heavy atom. The first-order valence-electron chi connectivity index (χ1n) is 12.3. The number of para-hydroxylation sites is 1.